The quantitative estimate of drug-likeness (QED) is 0.166. The zero-order chi connectivity index (χ0) is 17.7. The Morgan fingerprint density at radius 2 is 0.792 bits per heavy atom. The van der Waals surface area contributed by atoms with Crippen molar-refractivity contribution in [3.63, 3.8) is 0 Å². The van der Waals surface area contributed by atoms with Gasteiger partial charge in [0, 0.05) is 0 Å². The third kappa shape index (κ3) is 19.4. The van der Waals surface area contributed by atoms with E-state index in [4.69, 9.17) is 9.47 Å². The summed E-state index contributed by atoms with van der Waals surface area (Å²) < 4.78 is 11.1. The van der Waals surface area contributed by atoms with E-state index in [0.29, 0.717) is 5.95 Å². The first-order chi connectivity index (χ1) is 11.8. The maximum atomic E-state index is 5.54. The first kappa shape index (κ1) is 23.3. The van der Waals surface area contributed by atoms with E-state index in [2.05, 4.69) is 20.4 Å². The summed E-state index contributed by atoms with van der Waals surface area (Å²) in [4.78, 5) is 0. The van der Waals surface area contributed by atoms with Gasteiger partial charge in [-0.25, -0.2) is 0 Å². The Balaban J connectivity index is 3.13. The van der Waals surface area contributed by atoms with Crippen molar-refractivity contribution in [2.75, 3.05) is 13.2 Å². The highest BCUT2D eigenvalue weighted by molar-refractivity contribution is 4.67. The van der Waals surface area contributed by atoms with Gasteiger partial charge >= 0.3 is 0 Å². The van der Waals surface area contributed by atoms with E-state index in [1.54, 1.807) is 0 Å². The summed E-state index contributed by atoms with van der Waals surface area (Å²) in [5.41, 5.74) is 0. The molecule has 0 bridgehead atoms. The lowest BCUT2D eigenvalue weighted by atomic mass is 10.1. The van der Waals surface area contributed by atoms with Gasteiger partial charge in [0.2, 0.25) is 0 Å². The van der Waals surface area contributed by atoms with Crippen LogP contribution < -0.4 is 0 Å². The van der Waals surface area contributed by atoms with Gasteiger partial charge in [-0.3, -0.25) is 0 Å². The lowest BCUT2D eigenvalue weighted by molar-refractivity contribution is 0.0340. The smallest absolute Gasteiger partial charge is 0.271 e. The maximum absolute atomic E-state index is 5.54. The monoisotopic (exact) mass is 340 g/mol. The van der Waals surface area contributed by atoms with Crippen LogP contribution in [0.3, 0.4) is 0 Å². The number of hydrogen-bond acceptors (Lipinski definition) is 2. The Morgan fingerprint density at radius 3 is 1.12 bits per heavy atom. The van der Waals surface area contributed by atoms with E-state index >= 15 is 0 Å². The van der Waals surface area contributed by atoms with E-state index in [1.165, 1.54) is 89.9 Å². The van der Waals surface area contributed by atoms with Crippen LogP contribution in [-0.4, -0.2) is 13.2 Å². The van der Waals surface area contributed by atoms with Gasteiger partial charge in [0.15, 0.2) is 0 Å². The van der Waals surface area contributed by atoms with Crippen LogP contribution >= 0.6 is 0 Å². The molecule has 0 aliphatic rings. The zero-order valence-electron chi connectivity index (χ0n) is 16.8. The normalized spacial score (nSPS) is 10.8. The number of unbranched alkanes of at least 4 members (excludes halogenated alkanes) is 14. The summed E-state index contributed by atoms with van der Waals surface area (Å²) in [6.07, 6.45) is 21.2. The predicted octanol–water partition coefficient (Wildman–Crippen LogP) is 7.77. The molecule has 2 nitrogen and oxygen atoms in total. The van der Waals surface area contributed by atoms with Crippen molar-refractivity contribution in [3.8, 4) is 0 Å². The van der Waals surface area contributed by atoms with Gasteiger partial charge in [0.1, 0.15) is 0 Å². The average molecular weight is 341 g/mol. The number of hydrogen-bond donors (Lipinski definition) is 0. The van der Waals surface area contributed by atoms with Crippen LogP contribution in [0, 0.1) is 0 Å². The third-order valence-corrected chi connectivity index (χ3v) is 4.52. The second kappa shape index (κ2) is 20.4. The lowest BCUT2D eigenvalue weighted by Crippen LogP contribution is -2.00. The molecular weight excluding hydrogens is 296 g/mol. The number of rotatable bonds is 20. The molecule has 0 aromatic carbocycles. The Bertz CT molecular complexity index is 226. The van der Waals surface area contributed by atoms with Crippen molar-refractivity contribution in [1.82, 2.24) is 0 Å². The highest BCUT2D eigenvalue weighted by Gasteiger charge is 1.97. The van der Waals surface area contributed by atoms with Crippen LogP contribution in [0.1, 0.15) is 117 Å². The molecule has 0 fully saturated rings. The minimum atomic E-state index is 0.515. The topological polar surface area (TPSA) is 18.5 Å². The third-order valence-electron chi connectivity index (χ3n) is 4.52. The molecular formula is C22H44O2. The lowest BCUT2D eigenvalue weighted by Gasteiger charge is -2.10. The van der Waals surface area contributed by atoms with Crippen molar-refractivity contribution in [2.45, 2.75) is 117 Å². The fraction of sp³-hybridized carbons (Fsp3) is 0.909. The molecule has 0 aliphatic heterocycles. The highest BCUT2D eigenvalue weighted by Crippen LogP contribution is 2.10. The molecule has 24 heavy (non-hydrogen) atoms. The van der Waals surface area contributed by atoms with Gasteiger partial charge in [-0.15, -0.1) is 0 Å². The predicted molar refractivity (Wildman–Crippen MR) is 106 cm³/mol. The summed E-state index contributed by atoms with van der Waals surface area (Å²) in [5, 5.41) is 0. The molecule has 0 amide bonds. The van der Waals surface area contributed by atoms with Crippen molar-refractivity contribution in [3.05, 3.63) is 12.5 Å². The van der Waals surface area contributed by atoms with Crippen molar-refractivity contribution in [2.24, 2.45) is 0 Å². The zero-order valence-corrected chi connectivity index (χ0v) is 16.8. The van der Waals surface area contributed by atoms with Crippen LogP contribution in [0.5, 0.6) is 0 Å². The van der Waals surface area contributed by atoms with E-state index in [-0.39, 0.29) is 0 Å². The molecule has 144 valence electrons. The van der Waals surface area contributed by atoms with E-state index in [1.807, 2.05) is 0 Å². The molecule has 0 spiro atoms. The van der Waals surface area contributed by atoms with Gasteiger partial charge in [0.25, 0.3) is 5.95 Å². The second-order valence-electron chi connectivity index (χ2n) is 7.02. The molecule has 0 N–H and O–H groups in total. The number of ether oxygens (including phenoxy) is 2. The average Bonchev–Trinajstić information content (AvgIpc) is 2.59. The fourth-order valence-corrected chi connectivity index (χ4v) is 2.89. The summed E-state index contributed by atoms with van der Waals surface area (Å²) >= 11 is 0. The molecule has 0 aliphatic carbocycles. The maximum Gasteiger partial charge on any atom is 0.271 e. The Hall–Kier alpha value is -0.660. The molecule has 2 heteroatoms. The van der Waals surface area contributed by atoms with E-state index < -0.39 is 0 Å². The van der Waals surface area contributed by atoms with Crippen molar-refractivity contribution >= 4 is 0 Å². The highest BCUT2D eigenvalue weighted by atomic mass is 16.7. The van der Waals surface area contributed by atoms with Crippen LogP contribution in [-0.2, 0) is 9.47 Å². The summed E-state index contributed by atoms with van der Waals surface area (Å²) in [6.45, 7) is 9.89. The Kier molecular flexibility index (Phi) is 19.8. The van der Waals surface area contributed by atoms with Crippen LogP contribution in [0.15, 0.2) is 12.5 Å². The molecule has 0 radical (unpaired) electrons. The summed E-state index contributed by atoms with van der Waals surface area (Å²) in [5.74, 6) is 0.515. The Labute approximate surface area is 152 Å². The van der Waals surface area contributed by atoms with Crippen LogP contribution in [0.25, 0.3) is 0 Å². The Morgan fingerprint density at radius 1 is 0.500 bits per heavy atom. The first-order valence-corrected chi connectivity index (χ1v) is 10.8. The van der Waals surface area contributed by atoms with Crippen LogP contribution in [0.2, 0.25) is 0 Å². The molecule has 0 aromatic heterocycles. The summed E-state index contributed by atoms with van der Waals surface area (Å²) in [6, 6.07) is 0. The summed E-state index contributed by atoms with van der Waals surface area (Å²) in [7, 11) is 0. The first-order valence-electron chi connectivity index (χ1n) is 10.8. The van der Waals surface area contributed by atoms with Crippen molar-refractivity contribution in [1.29, 1.82) is 0 Å². The van der Waals surface area contributed by atoms with Gasteiger partial charge < -0.3 is 9.47 Å². The minimum Gasteiger partial charge on any atom is -0.466 e. The van der Waals surface area contributed by atoms with Gasteiger partial charge in [-0.1, -0.05) is 104 Å². The van der Waals surface area contributed by atoms with Crippen molar-refractivity contribution < 1.29 is 9.47 Å². The molecule has 0 saturated heterocycles. The largest absolute Gasteiger partial charge is 0.466 e. The van der Waals surface area contributed by atoms with Crippen LogP contribution in [0.4, 0.5) is 0 Å². The molecule has 0 rings (SSSR count). The SMILES string of the molecule is C=C(OCCCCCCCCCC)OCCCCCCCCCC. The van der Waals surface area contributed by atoms with E-state index in [9.17, 15) is 0 Å². The molecule has 0 unspecified atom stereocenters. The minimum absolute atomic E-state index is 0.515. The fourth-order valence-electron chi connectivity index (χ4n) is 2.89. The molecule has 0 saturated carbocycles. The van der Waals surface area contributed by atoms with Gasteiger partial charge in [0.05, 0.1) is 13.2 Å². The second-order valence-corrected chi connectivity index (χ2v) is 7.02. The van der Waals surface area contributed by atoms with Gasteiger partial charge in [-0.2, -0.15) is 0 Å². The molecule has 0 aromatic rings. The van der Waals surface area contributed by atoms with Gasteiger partial charge in [-0.05, 0) is 19.4 Å². The standard InChI is InChI=1S/C22H44O2/c1-4-6-8-10-12-14-16-18-20-23-22(3)24-21-19-17-15-13-11-9-7-5-2/h3-21H2,1-2H3. The molecule has 0 atom stereocenters. The molecule has 0 heterocycles. The van der Waals surface area contributed by atoms with E-state index in [0.717, 1.165) is 26.1 Å².